The van der Waals surface area contributed by atoms with Crippen molar-refractivity contribution in [3.8, 4) is 0 Å². The Morgan fingerprint density at radius 3 is 2.51 bits per heavy atom. The maximum absolute atomic E-state index is 13.0. The summed E-state index contributed by atoms with van der Waals surface area (Å²) in [5.74, 6) is -0.290. The monoisotopic (exact) mass is 498 g/mol. The molecule has 1 atom stereocenters. The van der Waals surface area contributed by atoms with Crippen LogP contribution in [0, 0.1) is 0 Å². The summed E-state index contributed by atoms with van der Waals surface area (Å²) in [6.45, 7) is 2.60. The van der Waals surface area contributed by atoms with Crippen molar-refractivity contribution in [2.24, 2.45) is 7.05 Å². The van der Waals surface area contributed by atoms with Gasteiger partial charge in [0.25, 0.3) is 5.91 Å². The van der Waals surface area contributed by atoms with E-state index >= 15 is 0 Å². The number of hydrogen-bond donors (Lipinski definition) is 1. The fourth-order valence-electron chi connectivity index (χ4n) is 4.16. The van der Waals surface area contributed by atoms with Gasteiger partial charge in [-0.25, -0.2) is 13.4 Å². The molecule has 2 aromatic carbocycles. The molecule has 35 heavy (non-hydrogen) atoms. The molecule has 0 spiro atoms. The summed E-state index contributed by atoms with van der Waals surface area (Å²) in [5, 5.41) is 2.70. The molecule has 3 aromatic rings. The summed E-state index contributed by atoms with van der Waals surface area (Å²) in [6.07, 6.45) is 2.19. The number of anilines is 1. The van der Waals surface area contributed by atoms with E-state index in [2.05, 4.69) is 10.3 Å². The van der Waals surface area contributed by atoms with Gasteiger partial charge in [-0.3, -0.25) is 9.59 Å². The molecule has 1 saturated heterocycles. The number of rotatable bonds is 8. The van der Waals surface area contributed by atoms with Crippen LogP contribution in [0.5, 0.6) is 0 Å². The molecule has 10 heteroatoms. The van der Waals surface area contributed by atoms with E-state index in [0.717, 1.165) is 24.8 Å². The summed E-state index contributed by atoms with van der Waals surface area (Å²) in [5.41, 5.74) is 1.97. The highest BCUT2D eigenvalue weighted by Crippen LogP contribution is 2.25. The zero-order chi connectivity index (χ0) is 25.0. The average Bonchev–Trinajstić information content (AvgIpc) is 3.18. The summed E-state index contributed by atoms with van der Waals surface area (Å²) in [6, 6.07) is 13.9. The van der Waals surface area contributed by atoms with E-state index in [0.29, 0.717) is 36.5 Å². The number of sulfonamides is 1. The topological polar surface area (TPSA) is 111 Å². The minimum Gasteiger partial charge on any atom is -0.453 e. The second-order valence-electron chi connectivity index (χ2n) is 8.69. The molecule has 186 valence electrons. The predicted octanol–water partition coefficient (Wildman–Crippen LogP) is 3.25. The SMILES string of the molecule is C[C@@H](OC(=O)CCc1nc2cc(S(=O)(=O)N3CCCCC3)ccc2n1C)C(=O)Nc1ccccc1. The Morgan fingerprint density at radius 2 is 1.80 bits per heavy atom. The number of carbonyl (C=O) groups excluding carboxylic acids is 2. The van der Waals surface area contributed by atoms with Crippen molar-refractivity contribution in [3.63, 3.8) is 0 Å². The highest BCUT2D eigenvalue weighted by Gasteiger charge is 2.26. The van der Waals surface area contributed by atoms with Gasteiger partial charge in [0.15, 0.2) is 6.10 Å². The lowest BCUT2D eigenvalue weighted by Gasteiger charge is -2.25. The minimum atomic E-state index is -3.56. The van der Waals surface area contributed by atoms with Gasteiger partial charge in [0, 0.05) is 32.2 Å². The predicted molar refractivity (Wildman–Crippen MR) is 132 cm³/mol. The molecule has 0 saturated carbocycles. The first kappa shape index (κ1) is 24.9. The Morgan fingerprint density at radius 1 is 1.09 bits per heavy atom. The largest absolute Gasteiger partial charge is 0.453 e. The van der Waals surface area contributed by atoms with Gasteiger partial charge < -0.3 is 14.6 Å². The van der Waals surface area contributed by atoms with Crippen molar-refractivity contribution in [3.05, 3.63) is 54.4 Å². The second-order valence-corrected chi connectivity index (χ2v) is 10.6. The number of aromatic nitrogens is 2. The average molecular weight is 499 g/mol. The van der Waals surface area contributed by atoms with Gasteiger partial charge in [0.2, 0.25) is 10.0 Å². The second kappa shape index (κ2) is 10.6. The van der Waals surface area contributed by atoms with E-state index in [-0.39, 0.29) is 11.3 Å². The third-order valence-corrected chi connectivity index (χ3v) is 8.06. The lowest BCUT2D eigenvalue weighted by molar-refractivity contribution is -0.153. The van der Waals surface area contributed by atoms with Gasteiger partial charge in [-0.2, -0.15) is 4.31 Å². The van der Waals surface area contributed by atoms with E-state index < -0.39 is 28.0 Å². The normalized spacial score (nSPS) is 15.6. The van der Waals surface area contributed by atoms with Crippen molar-refractivity contribution < 1.29 is 22.7 Å². The van der Waals surface area contributed by atoms with E-state index in [1.807, 2.05) is 17.7 Å². The smallest absolute Gasteiger partial charge is 0.307 e. The summed E-state index contributed by atoms with van der Waals surface area (Å²) < 4.78 is 34.7. The first-order valence-corrected chi connectivity index (χ1v) is 13.2. The number of benzene rings is 2. The molecular formula is C25H30N4O5S. The van der Waals surface area contributed by atoms with Crippen LogP contribution in [0.2, 0.25) is 0 Å². The number of hydrogen-bond acceptors (Lipinski definition) is 6. The van der Waals surface area contributed by atoms with Gasteiger partial charge in [-0.15, -0.1) is 0 Å². The fraction of sp³-hybridized carbons (Fsp3) is 0.400. The zero-order valence-electron chi connectivity index (χ0n) is 19.9. The molecule has 0 aliphatic carbocycles. The number of carbonyl (C=O) groups is 2. The molecule has 1 N–H and O–H groups in total. The fourth-order valence-corrected chi connectivity index (χ4v) is 5.69. The summed E-state index contributed by atoms with van der Waals surface area (Å²) in [7, 11) is -1.73. The van der Waals surface area contributed by atoms with Crippen LogP contribution in [0.25, 0.3) is 11.0 Å². The Balaban J connectivity index is 1.38. The van der Waals surface area contributed by atoms with Crippen LogP contribution in [-0.4, -0.2) is 53.3 Å². The number of esters is 1. The third-order valence-electron chi connectivity index (χ3n) is 6.17. The van der Waals surface area contributed by atoms with Gasteiger partial charge in [0.05, 0.1) is 22.3 Å². The Labute approximate surface area is 205 Å². The summed E-state index contributed by atoms with van der Waals surface area (Å²) >= 11 is 0. The first-order valence-electron chi connectivity index (χ1n) is 11.8. The number of piperidine rings is 1. The van der Waals surface area contributed by atoms with Crippen molar-refractivity contribution >= 4 is 38.6 Å². The third kappa shape index (κ3) is 5.71. The van der Waals surface area contributed by atoms with E-state index in [1.165, 1.54) is 11.2 Å². The summed E-state index contributed by atoms with van der Waals surface area (Å²) in [4.78, 5) is 29.4. The maximum Gasteiger partial charge on any atom is 0.307 e. The Kier molecular flexibility index (Phi) is 7.51. The van der Waals surface area contributed by atoms with Crippen molar-refractivity contribution in [2.75, 3.05) is 18.4 Å². The zero-order valence-corrected chi connectivity index (χ0v) is 20.8. The molecule has 1 fully saturated rings. The van der Waals surface area contributed by atoms with Gasteiger partial charge in [0.1, 0.15) is 5.82 Å². The molecule has 1 amide bonds. The van der Waals surface area contributed by atoms with Crippen molar-refractivity contribution in [2.45, 2.75) is 50.0 Å². The highest BCUT2D eigenvalue weighted by atomic mass is 32.2. The van der Waals surface area contributed by atoms with Crippen LogP contribution in [0.15, 0.2) is 53.4 Å². The molecule has 0 bridgehead atoms. The number of amides is 1. The lowest BCUT2D eigenvalue weighted by Crippen LogP contribution is -2.35. The number of nitrogens with one attached hydrogen (secondary N) is 1. The minimum absolute atomic E-state index is 0.0407. The molecular weight excluding hydrogens is 468 g/mol. The molecule has 1 aromatic heterocycles. The van der Waals surface area contributed by atoms with Crippen molar-refractivity contribution in [1.82, 2.24) is 13.9 Å². The van der Waals surface area contributed by atoms with Crippen LogP contribution in [0.1, 0.15) is 38.4 Å². The lowest BCUT2D eigenvalue weighted by atomic mass is 10.2. The van der Waals surface area contributed by atoms with Crippen LogP contribution in [0.4, 0.5) is 5.69 Å². The molecule has 0 unspecified atom stereocenters. The standard InChI is InChI=1S/C25H30N4O5S/c1-18(25(31)26-19-9-5-3-6-10-19)34-24(30)14-13-23-27-21-17-20(11-12-22(21)28(23)2)35(32,33)29-15-7-4-8-16-29/h3,5-6,9-12,17-18H,4,7-8,13-16H2,1-2H3,(H,26,31)/t18-/m1/s1. The van der Waals surface area contributed by atoms with Crippen molar-refractivity contribution in [1.29, 1.82) is 0 Å². The first-order chi connectivity index (χ1) is 16.8. The van der Waals surface area contributed by atoms with Crippen LogP contribution < -0.4 is 5.32 Å². The van der Waals surface area contributed by atoms with Gasteiger partial charge in [-0.05, 0) is 50.1 Å². The number of nitrogens with zero attached hydrogens (tertiary/aromatic N) is 3. The molecule has 0 radical (unpaired) electrons. The molecule has 9 nitrogen and oxygen atoms in total. The number of aryl methyl sites for hydroxylation is 2. The van der Waals surface area contributed by atoms with E-state index in [9.17, 15) is 18.0 Å². The quantitative estimate of drug-likeness (QED) is 0.478. The number of fused-ring (bicyclic) bond motifs is 1. The molecule has 1 aliphatic rings. The Bertz CT molecular complexity index is 1310. The number of ether oxygens (including phenoxy) is 1. The van der Waals surface area contributed by atoms with Gasteiger partial charge in [-0.1, -0.05) is 24.6 Å². The molecule has 4 rings (SSSR count). The maximum atomic E-state index is 13.0. The Hall–Kier alpha value is -3.24. The van der Waals surface area contributed by atoms with E-state index in [1.54, 1.807) is 42.5 Å². The van der Waals surface area contributed by atoms with Crippen LogP contribution >= 0.6 is 0 Å². The van der Waals surface area contributed by atoms with E-state index in [4.69, 9.17) is 4.74 Å². The molecule has 2 heterocycles. The van der Waals surface area contributed by atoms with Crippen LogP contribution in [0.3, 0.4) is 0 Å². The van der Waals surface area contributed by atoms with Crippen LogP contribution in [-0.2, 0) is 37.8 Å². The van der Waals surface area contributed by atoms with Gasteiger partial charge >= 0.3 is 5.97 Å². The highest BCUT2D eigenvalue weighted by molar-refractivity contribution is 7.89. The number of imidazole rings is 1. The number of para-hydroxylation sites is 1. The molecule has 1 aliphatic heterocycles.